The van der Waals surface area contributed by atoms with Crippen molar-refractivity contribution in [2.24, 2.45) is 4.99 Å². The molecule has 0 aliphatic rings. The summed E-state index contributed by atoms with van der Waals surface area (Å²) in [6.07, 6.45) is -2.85. The number of amides is 1. The summed E-state index contributed by atoms with van der Waals surface area (Å²) < 4.78 is 64.8. The van der Waals surface area contributed by atoms with Gasteiger partial charge in [0.05, 0.1) is 16.5 Å². The summed E-state index contributed by atoms with van der Waals surface area (Å²) in [6, 6.07) is 2.58. The van der Waals surface area contributed by atoms with Crippen molar-refractivity contribution in [1.82, 2.24) is 30.0 Å². The molecular weight excluding hydrogens is 463 g/mol. The first-order chi connectivity index (χ1) is 15.3. The Balaban J connectivity index is 1.97. The SMILES string of the molecule is C=Nc1cc(-n2nc(C)nc2[C@H](C)NC(=O)c2cc(C(F)(F)F)cc(S(C)(=O)=O)c2)ncn1. The van der Waals surface area contributed by atoms with E-state index in [0.29, 0.717) is 18.0 Å². The van der Waals surface area contributed by atoms with Gasteiger partial charge in [-0.05, 0) is 38.8 Å². The molecule has 3 aromatic rings. The number of aliphatic imine (C=N–C) groups is 1. The second-order valence-corrected chi connectivity index (χ2v) is 9.05. The van der Waals surface area contributed by atoms with Gasteiger partial charge in [-0.2, -0.15) is 17.9 Å². The van der Waals surface area contributed by atoms with Crippen LogP contribution in [0.25, 0.3) is 5.82 Å². The Kier molecular flexibility index (Phi) is 6.31. The van der Waals surface area contributed by atoms with Crippen molar-refractivity contribution in [3.63, 3.8) is 0 Å². The monoisotopic (exact) mass is 481 g/mol. The van der Waals surface area contributed by atoms with Crippen molar-refractivity contribution in [1.29, 1.82) is 0 Å². The lowest BCUT2D eigenvalue weighted by Gasteiger charge is -2.16. The fourth-order valence-corrected chi connectivity index (χ4v) is 3.55. The van der Waals surface area contributed by atoms with Gasteiger partial charge < -0.3 is 5.32 Å². The van der Waals surface area contributed by atoms with Gasteiger partial charge in [0.2, 0.25) is 0 Å². The zero-order valence-corrected chi connectivity index (χ0v) is 18.4. The fourth-order valence-electron chi connectivity index (χ4n) is 2.87. The van der Waals surface area contributed by atoms with E-state index in [1.807, 2.05) is 0 Å². The maximum absolute atomic E-state index is 13.3. The van der Waals surface area contributed by atoms with Crippen LogP contribution in [0.1, 0.15) is 40.5 Å². The number of aromatic nitrogens is 5. The van der Waals surface area contributed by atoms with E-state index >= 15 is 0 Å². The second-order valence-electron chi connectivity index (χ2n) is 7.03. The highest BCUT2D eigenvalue weighted by Crippen LogP contribution is 2.32. The predicted octanol–water partition coefficient (Wildman–Crippen LogP) is 2.61. The second kappa shape index (κ2) is 8.69. The minimum Gasteiger partial charge on any atom is -0.342 e. The number of hydrogen-bond acceptors (Lipinski definition) is 8. The van der Waals surface area contributed by atoms with Gasteiger partial charge >= 0.3 is 6.18 Å². The van der Waals surface area contributed by atoms with Crippen molar-refractivity contribution in [2.45, 2.75) is 31.0 Å². The van der Waals surface area contributed by atoms with Gasteiger partial charge in [-0.15, -0.1) is 5.10 Å². The van der Waals surface area contributed by atoms with E-state index in [9.17, 15) is 26.4 Å². The van der Waals surface area contributed by atoms with Crippen LogP contribution in [0.3, 0.4) is 0 Å². The Labute approximate surface area is 186 Å². The van der Waals surface area contributed by atoms with E-state index in [0.717, 1.165) is 12.3 Å². The molecule has 0 saturated carbocycles. The molecule has 0 fully saturated rings. The highest BCUT2D eigenvalue weighted by Gasteiger charge is 2.33. The summed E-state index contributed by atoms with van der Waals surface area (Å²) in [5, 5.41) is 6.74. The van der Waals surface area contributed by atoms with Gasteiger partial charge in [-0.25, -0.2) is 28.4 Å². The Morgan fingerprint density at radius 3 is 2.52 bits per heavy atom. The maximum Gasteiger partial charge on any atom is 0.416 e. The van der Waals surface area contributed by atoms with Crippen molar-refractivity contribution in [2.75, 3.05) is 6.26 Å². The molecule has 0 radical (unpaired) electrons. The molecule has 1 N–H and O–H groups in total. The van der Waals surface area contributed by atoms with E-state index in [2.05, 4.69) is 37.1 Å². The average Bonchev–Trinajstić information content (AvgIpc) is 3.14. The molecule has 0 bridgehead atoms. The number of aryl methyl sites for hydroxylation is 1. The number of sulfone groups is 1. The summed E-state index contributed by atoms with van der Waals surface area (Å²) in [4.78, 5) is 28.1. The number of alkyl halides is 3. The predicted molar refractivity (Wildman–Crippen MR) is 111 cm³/mol. The number of carbonyl (C=O) groups excluding carboxylic acids is 1. The van der Waals surface area contributed by atoms with Crippen LogP contribution >= 0.6 is 0 Å². The average molecular weight is 481 g/mol. The molecule has 1 atom stereocenters. The van der Waals surface area contributed by atoms with E-state index in [-0.39, 0.29) is 17.5 Å². The first kappa shape index (κ1) is 24.0. The van der Waals surface area contributed by atoms with Gasteiger partial charge in [0.15, 0.2) is 27.3 Å². The normalized spacial score (nSPS) is 12.9. The molecule has 0 aliphatic carbocycles. The third-order valence-corrected chi connectivity index (χ3v) is 5.51. The summed E-state index contributed by atoms with van der Waals surface area (Å²) in [6.45, 7) is 6.53. The van der Waals surface area contributed by atoms with Crippen LogP contribution in [0.4, 0.5) is 19.0 Å². The number of rotatable bonds is 6. The minimum absolute atomic E-state index is 0.227. The minimum atomic E-state index is -4.84. The molecule has 10 nitrogen and oxygen atoms in total. The zero-order chi connectivity index (χ0) is 24.6. The van der Waals surface area contributed by atoms with Crippen LogP contribution in [0, 0.1) is 6.92 Å². The largest absolute Gasteiger partial charge is 0.416 e. The molecule has 0 spiro atoms. The van der Waals surface area contributed by atoms with E-state index in [1.54, 1.807) is 6.92 Å². The number of carbonyl (C=O) groups is 1. The number of benzene rings is 1. The van der Waals surface area contributed by atoms with Crippen molar-refractivity contribution in [3.05, 3.63) is 53.4 Å². The molecule has 14 heteroatoms. The molecule has 1 aromatic carbocycles. The maximum atomic E-state index is 13.3. The lowest BCUT2D eigenvalue weighted by Crippen LogP contribution is -2.29. The third-order valence-electron chi connectivity index (χ3n) is 4.41. The highest BCUT2D eigenvalue weighted by molar-refractivity contribution is 7.90. The molecule has 2 heterocycles. The molecule has 33 heavy (non-hydrogen) atoms. The van der Waals surface area contributed by atoms with Crippen LogP contribution in [0.15, 0.2) is 40.5 Å². The van der Waals surface area contributed by atoms with Gasteiger partial charge in [0.25, 0.3) is 5.91 Å². The Bertz CT molecular complexity index is 1340. The molecule has 0 aliphatic heterocycles. The molecule has 2 aromatic heterocycles. The standard InChI is InChI=1S/C19H18F3N7O3S/c1-10(17-27-11(2)28-29(17)16-8-15(23-3)24-9-25-16)26-18(30)12-5-13(19(20,21)22)7-14(6-12)33(4,31)32/h5-10H,3H2,1-2,4H3,(H,26,30)/t10-/m0/s1. The van der Waals surface area contributed by atoms with Crippen molar-refractivity contribution in [3.8, 4) is 5.82 Å². The summed E-state index contributed by atoms with van der Waals surface area (Å²) in [5.41, 5.74) is -1.73. The number of nitrogens with one attached hydrogen (secondary N) is 1. The van der Waals surface area contributed by atoms with Gasteiger partial charge in [0.1, 0.15) is 12.2 Å². The molecule has 1 amide bonds. The van der Waals surface area contributed by atoms with Crippen LogP contribution < -0.4 is 5.32 Å². The van der Waals surface area contributed by atoms with Crippen LogP contribution in [0.2, 0.25) is 0 Å². The first-order valence-electron chi connectivity index (χ1n) is 9.25. The molecule has 0 saturated heterocycles. The fraction of sp³-hybridized carbons (Fsp3) is 0.263. The van der Waals surface area contributed by atoms with Gasteiger partial charge in [-0.3, -0.25) is 4.79 Å². The van der Waals surface area contributed by atoms with Gasteiger partial charge in [0, 0.05) is 17.9 Å². The Morgan fingerprint density at radius 1 is 1.21 bits per heavy atom. The lowest BCUT2D eigenvalue weighted by atomic mass is 10.1. The quantitative estimate of drug-likeness (QED) is 0.535. The van der Waals surface area contributed by atoms with E-state index in [1.165, 1.54) is 24.0 Å². The van der Waals surface area contributed by atoms with Gasteiger partial charge in [-0.1, -0.05) is 0 Å². The zero-order valence-electron chi connectivity index (χ0n) is 17.6. The first-order valence-corrected chi connectivity index (χ1v) is 11.1. The molecule has 0 unspecified atom stereocenters. The smallest absolute Gasteiger partial charge is 0.342 e. The lowest BCUT2D eigenvalue weighted by molar-refractivity contribution is -0.137. The summed E-state index contributed by atoms with van der Waals surface area (Å²) in [5.74, 6) is 0.193. The van der Waals surface area contributed by atoms with Crippen LogP contribution in [-0.2, 0) is 16.0 Å². The summed E-state index contributed by atoms with van der Waals surface area (Å²) >= 11 is 0. The topological polar surface area (TPSA) is 132 Å². The molecular formula is C19H18F3N7O3S. The number of hydrogen-bond donors (Lipinski definition) is 1. The highest BCUT2D eigenvalue weighted by atomic mass is 32.2. The molecule has 174 valence electrons. The van der Waals surface area contributed by atoms with Crippen molar-refractivity contribution < 1.29 is 26.4 Å². The van der Waals surface area contributed by atoms with E-state index in [4.69, 9.17) is 0 Å². The number of halogens is 3. The third kappa shape index (κ3) is 5.39. The summed E-state index contributed by atoms with van der Waals surface area (Å²) in [7, 11) is -4.00. The Morgan fingerprint density at radius 2 is 1.91 bits per heavy atom. The van der Waals surface area contributed by atoms with Crippen molar-refractivity contribution >= 4 is 28.3 Å². The van der Waals surface area contributed by atoms with E-state index < -0.39 is 44.0 Å². The molecule has 3 rings (SSSR count). The Hall–Kier alpha value is -3.68. The van der Waals surface area contributed by atoms with Crippen LogP contribution in [-0.4, -0.2) is 52.0 Å². The van der Waals surface area contributed by atoms with Crippen LogP contribution in [0.5, 0.6) is 0 Å². The number of nitrogens with zero attached hydrogens (tertiary/aromatic N) is 6.